The van der Waals surface area contributed by atoms with Gasteiger partial charge in [0.25, 0.3) is 0 Å². The molecule has 0 amide bonds. The molecule has 1 aromatic heterocycles. The van der Waals surface area contributed by atoms with Gasteiger partial charge in [-0.2, -0.15) is 9.40 Å². The molecule has 0 spiro atoms. The first-order valence-electron chi connectivity index (χ1n) is 6.48. The molecule has 0 bridgehead atoms. The van der Waals surface area contributed by atoms with E-state index in [0.29, 0.717) is 18.0 Å². The minimum atomic E-state index is -3.55. The topological polar surface area (TPSA) is 84.5 Å². The van der Waals surface area contributed by atoms with Gasteiger partial charge in [0.1, 0.15) is 4.90 Å². The molecule has 3 rings (SSSR count). The number of H-pyrrole nitrogens is 1. The highest BCUT2D eigenvalue weighted by Gasteiger charge is 2.25. The molecule has 1 N–H and O–H groups in total. The molecule has 0 atom stereocenters. The fourth-order valence-corrected chi connectivity index (χ4v) is 3.48. The van der Waals surface area contributed by atoms with Crippen molar-refractivity contribution in [2.45, 2.75) is 18.4 Å². The van der Waals surface area contributed by atoms with Crippen LogP contribution in [0.5, 0.6) is 11.5 Å². The number of hydrogen-bond donors (Lipinski definition) is 1. The van der Waals surface area contributed by atoms with Gasteiger partial charge in [0, 0.05) is 19.3 Å². The number of aromatic nitrogens is 2. The normalized spacial score (nSPS) is 13.8. The number of nitrogens with zero attached hydrogens (tertiary/aromatic N) is 2. The second kappa shape index (κ2) is 5.38. The van der Waals surface area contributed by atoms with Crippen LogP contribution in [0.2, 0.25) is 0 Å². The van der Waals surface area contributed by atoms with Gasteiger partial charge in [0.05, 0.1) is 6.20 Å². The van der Waals surface area contributed by atoms with E-state index < -0.39 is 10.0 Å². The maximum Gasteiger partial charge on any atom is 0.246 e. The van der Waals surface area contributed by atoms with Gasteiger partial charge in [-0.3, -0.25) is 5.10 Å². The molecule has 0 saturated heterocycles. The minimum Gasteiger partial charge on any atom is -0.454 e. The smallest absolute Gasteiger partial charge is 0.246 e. The summed E-state index contributed by atoms with van der Waals surface area (Å²) in [4.78, 5) is 0.157. The Morgan fingerprint density at radius 1 is 1.33 bits per heavy atom. The van der Waals surface area contributed by atoms with Crippen LogP contribution in [0.1, 0.15) is 12.5 Å². The first kappa shape index (κ1) is 13.9. The van der Waals surface area contributed by atoms with Crippen molar-refractivity contribution in [2.24, 2.45) is 0 Å². The predicted octanol–water partition coefficient (Wildman–Crippen LogP) is 1.35. The summed E-state index contributed by atoms with van der Waals surface area (Å²) in [6.07, 6.45) is 2.68. The molecule has 1 aromatic carbocycles. The van der Waals surface area contributed by atoms with E-state index in [2.05, 4.69) is 10.2 Å². The molecule has 0 saturated carbocycles. The van der Waals surface area contributed by atoms with Crippen molar-refractivity contribution in [1.82, 2.24) is 14.5 Å². The number of fused-ring (bicyclic) bond motifs is 1. The third kappa shape index (κ3) is 2.59. The molecule has 2 aromatic rings. The number of nitrogens with one attached hydrogen (secondary N) is 1. The first-order chi connectivity index (χ1) is 10.1. The van der Waals surface area contributed by atoms with Crippen molar-refractivity contribution in [3.63, 3.8) is 0 Å². The van der Waals surface area contributed by atoms with Crippen LogP contribution in [0.3, 0.4) is 0 Å². The van der Waals surface area contributed by atoms with Crippen LogP contribution in [-0.4, -0.2) is 36.3 Å². The quantitative estimate of drug-likeness (QED) is 0.901. The van der Waals surface area contributed by atoms with Crippen LogP contribution in [0, 0.1) is 0 Å². The zero-order valence-corrected chi connectivity index (χ0v) is 12.3. The number of benzene rings is 1. The molecule has 7 nitrogen and oxygen atoms in total. The van der Waals surface area contributed by atoms with Gasteiger partial charge in [-0.25, -0.2) is 8.42 Å². The van der Waals surface area contributed by atoms with E-state index in [1.807, 2.05) is 6.07 Å². The Morgan fingerprint density at radius 3 is 2.86 bits per heavy atom. The standard InChI is InChI=1S/C13H15N3O4S/c1-2-16(21(17,18)11-6-14-15-7-11)8-10-3-4-12-13(5-10)20-9-19-12/h3-7H,2,8-9H2,1H3,(H,14,15). The largest absolute Gasteiger partial charge is 0.454 e. The number of rotatable bonds is 5. The highest BCUT2D eigenvalue weighted by atomic mass is 32.2. The highest BCUT2D eigenvalue weighted by Crippen LogP contribution is 2.33. The van der Waals surface area contributed by atoms with Crippen molar-refractivity contribution in [2.75, 3.05) is 13.3 Å². The average Bonchev–Trinajstić information content (AvgIpc) is 3.14. The minimum absolute atomic E-state index is 0.157. The maximum atomic E-state index is 12.5. The molecule has 112 valence electrons. The first-order valence-corrected chi connectivity index (χ1v) is 7.92. The molecule has 2 heterocycles. The van der Waals surface area contributed by atoms with E-state index in [9.17, 15) is 8.42 Å². The van der Waals surface area contributed by atoms with E-state index in [1.165, 1.54) is 16.7 Å². The Kier molecular flexibility index (Phi) is 3.56. The van der Waals surface area contributed by atoms with Crippen LogP contribution in [-0.2, 0) is 16.6 Å². The third-order valence-electron chi connectivity index (χ3n) is 3.26. The summed E-state index contributed by atoms with van der Waals surface area (Å²) in [6.45, 7) is 2.62. The van der Waals surface area contributed by atoms with Crippen molar-refractivity contribution >= 4 is 10.0 Å². The lowest BCUT2D eigenvalue weighted by atomic mass is 10.2. The van der Waals surface area contributed by atoms with Gasteiger partial charge in [0.15, 0.2) is 11.5 Å². The summed E-state index contributed by atoms with van der Waals surface area (Å²) < 4.78 is 36.9. The van der Waals surface area contributed by atoms with Gasteiger partial charge >= 0.3 is 0 Å². The molecule has 0 unspecified atom stereocenters. The monoisotopic (exact) mass is 309 g/mol. The number of hydrogen-bond acceptors (Lipinski definition) is 5. The molecular formula is C13H15N3O4S. The van der Waals surface area contributed by atoms with E-state index in [0.717, 1.165) is 5.56 Å². The second-order valence-electron chi connectivity index (χ2n) is 4.55. The number of aromatic amines is 1. The second-order valence-corrected chi connectivity index (χ2v) is 6.49. The Labute approximate surface area is 122 Å². The molecule has 1 aliphatic heterocycles. The zero-order chi connectivity index (χ0) is 14.9. The Morgan fingerprint density at radius 2 is 2.14 bits per heavy atom. The summed E-state index contributed by atoms with van der Waals surface area (Å²) in [7, 11) is -3.55. The SMILES string of the molecule is CCN(Cc1ccc2c(c1)OCO2)S(=O)(=O)c1cn[nH]c1. The van der Waals surface area contributed by atoms with Crippen molar-refractivity contribution in [3.8, 4) is 11.5 Å². The molecule has 0 radical (unpaired) electrons. The van der Waals surface area contributed by atoms with Crippen LogP contribution in [0.15, 0.2) is 35.5 Å². The maximum absolute atomic E-state index is 12.5. The van der Waals surface area contributed by atoms with Crippen LogP contribution < -0.4 is 9.47 Å². The van der Waals surface area contributed by atoms with Gasteiger partial charge in [-0.1, -0.05) is 13.0 Å². The van der Waals surface area contributed by atoms with Crippen molar-refractivity contribution in [1.29, 1.82) is 0 Å². The van der Waals surface area contributed by atoms with E-state index in [1.54, 1.807) is 19.1 Å². The van der Waals surface area contributed by atoms with Gasteiger partial charge in [0.2, 0.25) is 16.8 Å². The lowest BCUT2D eigenvalue weighted by Crippen LogP contribution is -2.30. The van der Waals surface area contributed by atoms with Gasteiger partial charge < -0.3 is 9.47 Å². The Bertz CT molecular complexity index is 728. The predicted molar refractivity (Wildman–Crippen MR) is 74.4 cm³/mol. The lowest BCUT2D eigenvalue weighted by molar-refractivity contribution is 0.174. The fraction of sp³-hybridized carbons (Fsp3) is 0.308. The highest BCUT2D eigenvalue weighted by molar-refractivity contribution is 7.89. The molecule has 0 aliphatic carbocycles. The Balaban J connectivity index is 1.85. The van der Waals surface area contributed by atoms with Crippen molar-refractivity contribution in [3.05, 3.63) is 36.2 Å². The lowest BCUT2D eigenvalue weighted by Gasteiger charge is -2.19. The summed E-state index contributed by atoms with van der Waals surface area (Å²) in [5, 5.41) is 6.21. The van der Waals surface area contributed by atoms with E-state index >= 15 is 0 Å². The summed E-state index contributed by atoms with van der Waals surface area (Å²) in [5.74, 6) is 1.32. The molecule has 8 heteroatoms. The molecule has 0 fully saturated rings. The van der Waals surface area contributed by atoms with Crippen LogP contribution >= 0.6 is 0 Å². The van der Waals surface area contributed by atoms with Crippen LogP contribution in [0.25, 0.3) is 0 Å². The zero-order valence-electron chi connectivity index (χ0n) is 11.4. The number of sulfonamides is 1. The average molecular weight is 309 g/mol. The molecule has 21 heavy (non-hydrogen) atoms. The van der Waals surface area contributed by atoms with E-state index in [-0.39, 0.29) is 18.2 Å². The van der Waals surface area contributed by atoms with Gasteiger partial charge in [-0.15, -0.1) is 0 Å². The summed E-state index contributed by atoms with van der Waals surface area (Å²) in [5.41, 5.74) is 0.841. The van der Waals surface area contributed by atoms with Crippen molar-refractivity contribution < 1.29 is 17.9 Å². The number of ether oxygens (including phenoxy) is 2. The third-order valence-corrected chi connectivity index (χ3v) is 5.15. The van der Waals surface area contributed by atoms with Crippen LogP contribution in [0.4, 0.5) is 0 Å². The van der Waals surface area contributed by atoms with E-state index in [4.69, 9.17) is 9.47 Å². The fourth-order valence-electron chi connectivity index (χ4n) is 2.14. The summed E-state index contributed by atoms with van der Waals surface area (Å²) in [6, 6.07) is 5.42. The molecular weight excluding hydrogens is 294 g/mol. The van der Waals surface area contributed by atoms with Gasteiger partial charge in [-0.05, 0) is 17.7 Å². The Hall–Kier alpha value is -2.06. The summed E-state index contributed by atoms with van der Waals surface area (Å²) >= 11 is 0. The molecule has 1 aliphatic rings.